The maximum absolute atomic E-state index is 13.1. The minimum absolute atomic E-state index is 0.0386. The standard InChI is InChI=1S/C28H30N8O3/c29-26-22-23(34-36(27(22)32-15-31-26)19-4-3-11-30-14-19)20-9-10-21(25-24(20)38-16-39-25)33-28(37)17-5-7-18(8-6-17)35-12-1-2-13-35/h5-10,15,19,30H,1-4,11-14,16H2,(H,33,37)(H2,29,31,32)/t19-/m1/s1. The van der Waals surface area contributed by atoms with Crippen LogP contribution in [0, 0.1) is 0 Å². The molecule has 7 rings (SSSR count). The van der Waals surface area contributed by atoms with Gasteiger partial charge in [-0.25, -0.2) is 14.6 Å². The fourth-order valence-corrected chi connectivity index (χ4v) is 5.76. The highest BCUT2D eigenvalue weighted by atomic mass is 16.7. The van der Waals surface area contributed by atoms with Crippen molar-refractivity contribution < 1.29 is 14.3 Å². The molecule has 3 aliphatic heterocycles. The Hall–Kier alpha value is -4.38. The average Bonchev–Trinajstić information content (AvgIpc) is 3.75. The van der Waals surface area contributed by atoms with Gasteiger partial charge in [-0.1, -0.05) is 0 Å². The van der Waals surface area contributed by atoms with Gasteiger partial charge in [-0.3, -0.25) is 4.79 Å². The van der Waals surface area contributed by atoms with Crippen LogP contribution < -0.4 is 30.7 Å². The largest absolute Gasteiger partial charge is 0.453 e. The first-order valence-corrected chi connectivity index (χ1v) is 13.5. The molecule has 0 unspecified atom stereocenters. The SMILES string of the molecule is Nc1ncnc2c1c(-c1ccc(NC(=O)c3ccc(N4CCCC4)cc3)c3c1OCO3)nn2[C@@H]1CCCNC1. The topological polar surface area (TPSA) is 132 Å². The number of rotatable bonds is 5. The number of nitrogens with one attached hydrogen (secondary N) is 2. The summed E-state index contributed by atoms with van der Waals surface area (Å²) in [7, 11) is 0. The Labute approximate surface area is 225 Å². The Morgan fingerprint density at radius 2 is 1.85 bits per heavy atom. The van der Waals surface area contributed by atoms with Crippen LogP contribution in [0.25, 0.3) is 22.3 Å². The monoisotopic (exact) mass is 526 g/mol. The number of hydrogen-bond acceptors (Lipinski definition) is 9. The summed E-state index contributed by atoms with van der Waals surface area (Å²) < 4.78 is 13.7. The van der Waals surface area contributed by atoms with E-state index in [2.05, 4.69) is 25.5 Å². The molecule has 2 saturated heterocycles. The number of benzene rings is 2. The van der Waals surface area contributed by atoms with Crippen molar-refractivity contribution >= 4 is 34.1 Å². The second-order valence-corrected chi connectivity index (χ2v) is 10.2. The van der Waals surface area contributed by atoms with Gasteiger partial charge in [0.25, 0.3) is 5.91 Å². The van der Waals surface area contributed by atoms with Crippen LogP contribution in [0.15, 0.2) is 42.7 Å². The summed E-state index contributed by atoms with van der Waals surface area (Å²) >= 11 is 0. The molecule has 1 atom stereocenters. The van der Waals surface area contributed by atoms with E-state index in [9.17, 15) is 4.79 Å². The lowest BCUT2D eigenvalue weighted by Crippen LogP contribution is -2.32. The van der Waals surface area contributed by atoms with Gasteiger partial charge in [0.05, 0.1) is 17.1 Å². The lowest BCUT2D eigenvalue weighted by Gasteiger charge is -2.23. The van der Waals surface area contributed by atoms with E-state index in [0.717, 1.165) is 44.7 Å². The Bertz CT molecular complexity index is 1540. The lowest BCUT2D eigenvalue weighted by atomic mass is 10.1. The number of carbonyl (C=O) groups is 1. The predicted molar refractivity (Wildman–Crippen MR) is 148 cm³/mol. The maximum atomic E-state index is 13.1. The number of anilines is 3. The molecule has 2 aromatic heterocycles. The summed E-state index contributed by atoms with van der Waals surface area (Å²) in [6.07, 6.45) is 5.94. The number of amides is 1. The molecule has 0 aliphatic carbocycles. The van der Waals surface area contributed by atoms with Crippen LogP contribution in [-0.4, -0.2) is 58.6 Å². The Kier molecular flexibility index (Phi) is 5.92. The van der Waals surface area contributed by atoms with Crippen molar-refractivity contribution in [1.29, 1.82) is 0 Å². The molecule has 0 radical (unpaired) electrons. The van der Waals surface area contributed by atoms with Crippen LogP contribution in [0.5, 0.6) is 11.5 Å². The number of hydrogen-bond donors (Lipinski definition) is 3. The molecule has 0 saturated carbocycles. The first kappa shape index (κ1) is 23.7. The van der Waals surface area contributed by atoms with Crippen molar-refractivity contribution in [1.82, 2.24) is 25.1 Å². The number of aromatic nitrogens is 4. The highest BCUT2D eigenvalue weighted by Crippen LogP contribution is 2.48. The van der Waals surface area contributed by atoms with Gasteiger partial charge in [0, 0.05) is 36.4 Å². The smallest absolute Gasteiger partial charge is 0.255 e. The van der Waals surface area contributed by atoms with Crippen LogP contribution >= 0.6 is 0 Å². The van der Waals surface area contributed by atoms with Crippen molar-refractivity contribution in [3.05, 3.63) is 48.3 Å². The molecule has 11 heteroatoms. The molecule has 0 spiro atoms. The lowest BCUT2D eigenvalue weighted by molar-refractivity contribution is 0.102. The van der Waals surface area contributed by atoms with Gasteiger partial charge in [0.1, 0.15) is 17.8 Å². The number of piperidine rings is 1. The molecule has 3 aliphatic rings. The van der Waals surface area contributed by atoms with Gasteiger partial charge < -0.3 is 30.7 Å². The maximum Gasteiger partial charge on any atom is 0.255 e. The van der Waals surface area contributed by atoms with Gasteiger partial charge in [0.2, 0.25) is 6.79 Å². The zero-order chi connectivity index (χ0) is 26.3. The Balaban J connectivity index is 1.21. The molecule has 200 valence electrons. The van der Waals surface area contributed by atoms with E-state index in [1.165, 1.54) is 19.2 Å². The molecule has 39 heavy (non-hydrogen) atoms. The molecule has 2 fully saturated rings. The van der Waals surface area contributed by atoms with Crippen LogP contribution in [0.2, 0.25) is 0 Å². The first-order chi connectivity index (χ1) is 19.2. The van der Waals surface area contributed by atoms with Crippen LogP contribution in [0.4, 0.5) is 17.2 Å². The van der Waals surface area contributed by atoms with Gasteiger partial charge in [-0.05, 0) is 68.6 Å². The molecular weight excluding hydrogens is 496 g/mol. The third-order valence-electron chi connectivity index (χ3n) is 7.76. The summed E-state index contributed by atoms with van der Waals surface area (Å²) in [6.45, 7) is 3.96. The van der Waals surface area contributed by atoms with E-state index in [4.69, 9.17) is 20.3 Å². The summed E-state index contributed by atoms with van der Waals surface area (Å²) in [6, 6.07) is 11.6. The third-order valence-corrected chi connectivity index (χ3v) is 7.76. The van der Waals surface area contributed by atoms with Gasteiger partial charge >= 0.3 is 0 Å². The molecule has 5 heterocycles. The average molecular weight is 527 g/mol. The summed E-state index contributed by atoms with van der Waals surface area (Å²) in [5, 5.41) is 12.1. The minimum atomic E-state index is -0.217. The third kappa shape index (κ3) is 4.19. The van der Waals surface area contributed by atoms with Crippen LogP contribution in [0.1, 0.15) is 42.1 Å². The second kappa shape index (κ2) is 9.73. The molecule has 0 bridgehead atoms. The van der Waals surface area contributed by atoms with Crippen LogP contribution in [-0.2, 0) is 0 Å². The van der Waals surface area contributed by atoms with E-state index in [1.54, 1.807) is 0 Å². The Morgan fingerprint density at radius 1 is 1.03 bits per heavy atom. The quantitative estimate of drug-likeness (QED) is 0.357. The molecule has 2 aromatic carbocycles. The number of carbonyl (C=O) groups excluding carboxylic acids is 1. The summed E-state index contributed by atoms with van der Waals surface area (Å²) in [5.41, 5.74) is 10.6. The Morgan fingerprint density at radius 3 is 2.64 bits per heavy atom. The van der Waals surface area contributed by atoms with Crippen molar-refractivity contribution in [2.45, 2.75) is 31.7 Å². The molecule has 4 N–H and O–H groups in total. The molecule has 4 aromatic rings. The van der Waals surface area contributed by atoms with Crippen molar-refractivity contribution in [2.24, 2.45) is 0 Å². The number of nitrogens with two attached hydrogens (primary N) is 1. The summed E-state index contributed by atoms with van der Waals surface area (Å²) in [4.78, 5) is 24.2. The van der Waals surface area contributed by atoms with E-state index in [1.807, 2.05) is 41.1 Å². The zero-order valence-electron chi connectivity index (χ0n) is 21.5. The number of ether oxygens (including phenoxy) is 2. The fraction of sp³-hybridized carbons (Fsp3) is 0.357. The molecule has 11 nitrogen and oxygen atoms in total. The van der Waals surface area contributed by atoms with E-state index in [-0.39, 0.29) is 18.7 Å². The second-order valence-electron chi connectivity index (χ2n) is 10.2. The number of nitrogens with zero attached hydrogens (tertiary/aromatic N) is 5. The van der Waals surface area contributed by atoms with E-state index >= 15 is 0 Å². The fourth-order valence-electron chi connectivity index (χ4n) is 5.76. The van der Waals surface area contributed by atoms with Gasteiger partial charge in [-0.15, -0.1) is 0 Å². The highest BCUT2D eigenvalue weighted by Gasteiger charge is 2.29. The molecular formula is C28H30N8O3. The van der Waals surface area contributed by atoms with Crippen molar-refractivity contribution in [3.63, 3.8) is 0 Å². The van der Waals surface area contributed by atoms with Crippen molar-refractivity contribution in [3.8, 4) is 22.8 Å². The van der Waals surface area contributed by atoms with E-state index in [0.29, 0.717) is 50.9 Å². The number of fused-ring (bicyclic) bond motifs is 2. The highest BCUT2D eigenvalue weighted by molar-refractivity contribution is 6.06. The minimum Gasteiger partial charge on any atom is -0.453 e. The normalized spacial score (nSPS) is 18.6. The van der Waals surface area contributed by atoms with E-state index < -0.39 is 0 Å². The van der Waals surface area contributed by atoms with Crippen molar-refractivity contribution in [2.75, 3.05) is 48.9 Å². The number of nitrogen functional groups attached to an aromatic ring is 1. The van der Waals surface area contributed by atoms with Crippen LogP contribution in [0.3, 0.4) is 0 Å². The molecule has 1 amide bonds. The van der Waals surface area contributed by atoms with Gasteiger partial charge in [0.15, 0.2) is 17.1 Å². The first-order valence-electron chi connectivity index (χ1n) is 13.5. The summed E-state index contributed by atoms with van der Waals surface area (Å²) in [5.74, 6) is 1.11. The zero-order valence-corrected chi connectivity index (χ0v) is 21.5. The van der Waals surface area contributed by atoms with Gasteiger partial charge in [-0.2, -0.15) is 5.10 Å². The predicted octanol–water partition coefficient (Wildman–Crippen LogP) is 3.58.